The number of carbonyl (C=O) groups is 1. The third kappa shape index (κ3) is 2.90. The standard InChI is InChI=1S/C18H20N4O/c1-3-10-20-18(23)13-6-4-12(5-7-13)17-21-15-11-14(19)8-9-16(15)22(17)2/h4-9,11H,3,10,19H2,1-2H3,(H,20,23). The lowest BCUT2D eigenvalue weighted by atomic mass is 10.1. The molecule has 3 N–H and O–H groups in total. The minimum atomic E-state index is -0.0452. The van der Waals surface area contributed by atoms with Gasteiger partial charge in [-0.15, -0.1) is 0 Å². The summed E-state index contributed by atoms with van der Waals surface area (Å²) in [4.78, 5) is 16.6. The van der Waals surface area contributed by atoms with Crippen molar-refractivity contribution in [1.29, 1.82) is 0 Å². The highest BCUT2D eigenvalue weighted by atomic mass is 16.1. The van der Waals surface area contributed by atoms with Crippen LogP contribution >= 0.6 is 0 Å². The molecule has 5 heteroatoms. The van der Waals surface area contributed by atoms with Crippen LogP contribution in [-0.4, -0.2) is 22.0 Å². The maximum Gasteiger partial charge on any atom is 0.251 e. The monoisotopic (exact) mass is 308 g/mol. The number of fused-ring (bicyclic) bond motifs is 1. The van der Waals surface area contributed by atoms with Crippen LogP contribution in [0.4, 0.5) is 5.69 Å². The van der Waals surface area contributed by atoms with Crippen LogP contribution in [0.2, 0.25) is 0 Å². The summed E-state index contributed by atoms with van der Waals surface area (Å²) >= 11 is 0. The maximum atomic E-state index is 12.0. The molecule has 0 saturated carbocycles. The molecule has 0 spiro atoms. The zero-order valence-electron chi connectivity index (χ0n) is 13.3. The van der Waals surface area contributed by atoms with Gasteiger partial charge in [-0.1, -0.05) is 19.1 Å². The van der Waals surface area contributed by atoms with Crippen molar-refractivity contribution in [2.24, 2.45) is 7.05 Å². The molecule has 0 radical (unpaired) electrons. The molecule has 23 heavy (non-hydrogen) atoms. The number of benzene rings is 2. The number of nitrogens with one attached hydrogen (secondary N) is 1. The van der Waals surface area contributed by atoms with Crippen LogP contribution in [0.15, 0.2) is 42.5 Å². The van der Waals surface area contributed by atoms with Gasteiger partial charge in [-0.25, -0.2) is 4.98 Å². The Labute approximate surface area is 135 Å². The Morgan fingerprint density at radius 3 is 2.65 bits per heavy atom. The lowest BCUT2D eigenvalue weighted by Gasteiger charge is -2.06. The fraction of sp³-hybridized carbons (Fsp3) is 0.222. The van der Waals surface area contributed by atoms with E-state index >= 15 is 0 Å². The van der Waals surface area contributed by atoms with E-state index in [-0.39, 0.29) is 5.91 Å². The molecular formula is C18H20N4O. The van der Waals surface area contributed by atoms with E-state index in [9.17, 15) is 4.79 Å². The molecule has 5 nitrogen and oxygen atoms in total. The molecule has 3 rings (SSSR count). The zero-order chi connectivity index (χ0) is 16.4. The fourth-order valence-corrected chi connectivity index (χ4v) is 2.59. The number of rotatable bonds is 4. The summed E-state index contributed by atoms with van der Waals surface area (Å²) in [5.74, 6) is 0.808. The van der Waals surface area contributed by atoms with Crippen LogP contribution < -0.4 is 11.1 Å². The number of nitrogen functional groups attached to an aromatic ring is 1. The van der Waals surface area contributed by atoms with E-state index in [4.69, 9.17) is 5.73 Å². The molecule has 1 heterocycles. The van der Waals surface area contributed by atoms with Crippen molar-refractivity contribution in [1.82, 2.24) is 14.9 Å². The van der Waals surface area contributed by atoms with Gasteiger partial charge in [0.1, 0.15) is 5.82 Å². The molecule has 0 unspecified atom stereocenters. The number of nitrogens with zero attached hydrogens (tertiary/aromatic N) is 2. The van der Waals surface area contributed by atoms with Gasteiger partial charge >= 0.3 is 0 Å². The molecule has 1 amide bonds. The first kappa shape index (κ1) is 15.1. The Bertz CT molecular complexity index is 849. The molecule has 0 aliphatic rings. The zero-order valence-corrected chi connectivity index (χ0v) is 13.3. The molecule has 118 valence electrons. The van der Waals surface area contributed by atoms with Gasteiger partial charge in [0.2, 0.25) is 0 Å². The fourth-order valence-electron chi connectivity index (χ4n) is 2.59. The summed E-state index contributed by atoms with van der Waals surface area (Å²) < 4.78 is 2.03. The van der Waals surface area contributed by atoms with Crippen molar-refractivity contribution in [2.45, 2.75) is 13.3 Å². The first-order chi connectivity index (χ1) is 11.1. The van der Waals surface area contributed by atoms with E-state index in [0.717, 1.165) is 28.8 Å². The molecule has 0 saturated heterocycles. The summed E-state index contributed by atoms with van der Waals surface area (Å²) in [7, 11) is 1.97. The number of anilines is 1. The Kier molecular flexibility index (Phi) is 4.02. The third-order valence-corrected chi connectivity index (χ3v) is 3.85. The second-order valence-electron chi connectivity index (χ2n) is 5.58. The number of amides is 1. The average Bonchev–Trinajstić information content (AvgIpc) is 2.89. The third-order valence-electron chi connectivity index (χ3n) is 3.85. The topological polar surface area (TPSA) is 72.9 Å². The molecule has 3 aromatic rings. The number of nitrogens with two attached hydrogens (primary N) is 1. The van der Waals surface area contributed by atoms with Gasteiger partial charge in [-0.3, -0.25) is 4.79 Å². The van der Waals surface area contributed by atoms with Gasteiger partial charge in [0.05, 0.1) is 11.0 Å². The van der Waals surface area contributed by atoms with Crippen LogP contribution in [0, 0.1) is 0 Å². The van der Waals surface area contributed by atoms with Gasteiger partial charge in [0.15, 0.2) is 0 Å². The molecule has 2 aromatic carbocycles. The van der Waals surface area contributed by atoms with Crippen LogP contribution in [0.25, 0.3) is 22.4 Å². The van der Waals surface area contributed by atoms with Crippen molar-refractivity contribution in [3.8, 4) is 11.4 Å². The highest BCUT2D eigenvalue weighted by Crippen LogP contribution is 2.25. The van der Waals surface area contributed by atoms with Crippen molar-refractivity contribution >= 4 is 22.6 Å². The molecule has 0 atom stereocenters. The lowest BCUT2D eigenvalue weighted by molar-refractivity contribution is 0.0953. The Morgan fingerprint density at radius 2 is 1.96 bits per heavy atom. The highest BCUT2D eigenvalue weighted by Gasteiger charge is 2.11. The molecule has 0 aliphatic heterocycles. The molecule has 0 bridgehead atoms. The molecule has 1 aromatic heterocycles. The number of carbonyl (C=O) groups excluding carboxylic acids is 1. The van der Waals surface area contributed by atoms with Crippen LogP contribution in [0.3, 0.4) is 0 Å². The largest absolute Gasteiger partial charge is 0.399 e. The minimum Gasteiger partial charge on any atom is -0.399 e. The predicted molar refractivity (Wildman–Crippen MR) is 93.2 cm³/mol. The second-order valence-corrected chi connectivity index (χ2v) is 5.58. The van der Waals surface area contributed by atoms with Crippen molar-refractivity contribution in [3.63, 3.8) is 0 Å². The van der Waals surface area contributed by atoms with Gasteiger partial charge in [-0.2, -0.15) is 0 Å². The van der Waals surface area contributed by atoms with Crippen LogP contribution in [0.5, 0.6) is 0 Å². The predicted octanol–water partition coefficient (Wildman–Crippen LogP) is 2.96. The number of aryl methyl sites for hydroxylation is 1. The normalized spacial score (nSPS) is 10.9. The Morgan fingerprint density at radius 1 is 1.22 bits per heavy atom. The van der Waals surface area contributed by atoms with Crippen LogP contribution in [-0.2, 0) is 7.05 Å². The SMILES string of the molecule is CCCNC(=O)c1ccc(-c2nc3cc(N)ccc3n2C)cc1. The van der Waals surface area contributed by atoms with Crippen molar-refractivity contribution < 1.29 is 4.79 Å². The number of imidazole rings is 1. The molecule has 0 fully saturated rings. The summed E-state index contributed by atoms with van der Waals surface area (Å²) in [5.41, 5.74) is 10.0. The van der Waals surface area contributed by atoms with E-state index in [2.05, 4.69) is 10.3 Å². The van der Waals surface area contributed by atoms with E-state index in [0.29, 0.717) is 17.8 Å². The molecular weight excluding hydrogens is 288 g/mol. The van der Waals surface area contributed by atoms with Gasteiger partial charge < -0.3 is 15.6 Å². The Hall–Kier alpha value is -2.82. The van der Waals surface area contributed by atoms with E-state index in [1.807, 2.05) is 61.0 Å². The van der Waals surface area contributed by atoms with E-state index in [1.165, 1.54) is 0 Å². The number of hydrogen-bond donors (Lipinski definition) is 2. The summed E-state index contributed by atoms with van der Waals surface area (Å²) in [6.07, 6.45) is 0.923. The van der Waals surface area contributed by atoms with E-state index in [1.54, 1.807) is 0 Å². The summed E-state index contributed by atoms with van der Waals surface area (Å²) in [6.45, 7) is 2.72. The minimum absolute atomic E-state index is 0.0452. The first-order valence-corrected chi connectivity index (χ1v) is 7.70. The number of hydrogen-bond acceptors (Lipinski definition) is 3. The average molecular weight is 308 g/mol. The maximum absolute atomic E-state index is 12.0. The van der Waals surface area contributed by atoms with Crippen molar-refractivity contribution in [3.05, 3.63) is 48.0 Å². The second kappa shape index (κ2) is 6.12. The van der Waals surface area contributed by atoms with Crippen LogP contribution in [0.1, 0.15) is 23.7 Å². The van der Waals surface area contributed by atoms with Gasteiger partial charge in [0.25, 0.3) is 5.91 Å². The Balaban J connectivity index is 1.93. The van der Waals surface area contributed by atoms with Gasteiger partial charge in [0, 0.05) is 30.4 Å². The summed E-state index contributed by atoms with van der Waals surface area (Å²) in [5, 5.41) is 2.87. The lowest BCUT2D eigenvalue weighted by Crippen LogP contribution is -2.23. The molecule has 0 aliphatic carbocycles. The summed E-state index contributed by atoms with van der Waals surface area (Å²) in [6, 6.07) is 13.2. The smallest absolute Gasteiger partial charge is 0.251 e. The highest BCUT2D eigenvalue weighted by molar-refractivity contribution is 5.94. The number of aromatic nitrogens is 2. The quantitative estimate of drug-likeness (QED) is 0.728. The first-order valence-electron chi connectivity index (χ1n) is 7.70. The van der Waals surface area contributed by atoms with E-state index < -0.39 is 0 Å². The van der Waals surface area contributed by atoms with Gasteiger partial charge in [-0.05, 0) is 36.8 Å². The van der Waals surface area contributed by atoms with Crippen molar-refractivity contribution in [2.75, 3.05) is 12.3 Å².